The summed E-state index contributed by atoms with van der Waals surface area (Å²) in [6.07, 6.45) is 3.16. The van der Waals surface area contributed by atoms with E-state index < -0.39 is 0 Å². The van der Waals surface area contributed by atoms with E-state index in [9.17, 15) is 0 Å². The zero-order valence-electron chi connectivity index (χ0n) is 13.5. The fourth-order valence-electron chi connectivity index (χ4n) is 2.31. The summed E-state index contributed by atoms with van der Waals surface area (Å²) >= 11 is 5.85. The van der Waals surface area contributed by atoms with Gasteiger partial charge in [-0.3, -0.25) is 0 Å². The molecular formula is C19H17ClNO3. The summed E-state index contributed by atoms with van der Waals surface area (Å²) < 4.78 is 16.6. The van der Waals surface area contributed by atoms with Gasteiger partial charge in [0.05, 0.1) is 13.3 Å². The Morgan fingerprint density at radius 2 is 2.12 bits per heavy atom. The lowest BCUT2D eigenvalue weighted by atomic mass is 10.1. The van der Waals surface area contributed by atoms with Gasteiger partial charge in [-0.2, -0.15) is 0 Å². The standard InChI is InChI=1S/C19H17ClNO3/c1-13-3-5-15(19-21-7-8-23-19)10-16(13)12-24-17-6-4-14(11-20)9-18(17)22-2/h3-4,6-10H,11-12H2,1-2H3. The van der Waals surface area contributed by atoms with Gasteiger partial charge in [0.25, 0.3) is 0 Å². The first kappa shape index (κ1) is 16.4. The van der Waals surface area contributed by atoms with Gasteiger partial charge in [0.1, 0.15) is 12.9 Å². The van der Waals surface area contributed by atoms with Crippen molar-refractivity contribution in [1.29, 1.82) is 0 Å². The van der Waals surface area contributed by atoms with Gasteiger partial charge >= 0.3 is 0 Å². The van der Waals surface area contributed by atoms with Gasteiger partial charge in [-0.25, -0.2) is 4.98 Å². The molecule has 24 heavy (non-hydrogen) atoms. The number of benzene rings is 2. The summed E-state index contributed by atoms with van der Waals surface area (Å²) in [5, 5.41) is 0. The number of ether oxygens (including phenoxy) is 2. The van der Waals surface area contributed by atoms with E-state index in [2.05, 4.69) is 11.1 Å². The summed E-state index contributed by atoms with van der Waals surface area (Å²) in [7, 11) is 1.61. The number of nitrogens with zero attached hydrogens (tertiary/aromatic N) is 1. The number of halogens is 1. The molecule has 0 aliphatic heterocycles. The van der Waals surface area contributed by atoms with Gasteiger partial charge in [-0.1, -0.05) is 12.1 Å². The molecule has 0 saturated heterocycles. The summed E-state index contributed by atoms with van der Waals surface area (Å²) in [5.74, 6) is 2.32. The van der Waals surface area contributed by atoms with Crippen molar-refractivity contribution in [3.8, 4) is 23.0 Å². The highest BCUT2D eigenvalue weighted by Crippen LogP contribution is 2.30. The Morgan fingerprint density at radius 3 is 2.83 bits per heavy atom. The molecule has 0 unspecified atom stereocenters. The van der Waals surface area contributed by atoms with Gasteiger partial charge in [0.2, 0.25) is 5.89 Å². The minimum absolute atomic E-state index is 0.408. The third-order valence-electron chi connectivity index (χ3n) is 3.70. The minimum Gasteiger partial charge on any atom is -0.493 e. The highest BCUT2D eigenvalue weighted by Gasteiger charge is 2.10. The van der Waals surface area contributed by atoms with Gasteiger partial charge in [0, 0.05) is 11.4 Å². The first-order valence-electron chi connectivity index (χ1n) is 7.48. The molecule has 0 amide bonds. The fourth-order valence-corrected chi connectivity index (χ4v) is 2.48. The maximum absolute atomic E-state index is 5.93. The second-order valence-electron chi connectivity index (χ2n) is 5.30. The molecule has 4 nitrogen and oxygen atoms in total. The van der Waals surface area contributed by atoms with Gasteiger partial charge in [-0.15, -0.1) is 11.6 Å². The van der Waals surface area contributed by atoms with Crippen LogP contribution in [-0.4, -0.2) is 12.1 Å². The average Bonchev–Trinajstić information content (AvgIpc) is 3.15. The van der Waals surface area contributed by atoms with Crippen LogP contribution in [0.15, 0.2) is 47.2 Å². The van der Waals surface area contributed by atoms with Crippen LogP contribution >= 0.6 is 11.6 Å². The Morgan fingerprint density at radius 1 is 1.25 bits per heavy atom. The molecule has 2 aromatic carbocycles. The number of oxazole rings is 1. The average molecular weight is 343 g/mol. The normalized spacial score (nSPS) is 10.6. The number of hydrogen-bond acceptors (Lipinski definition) is 4. The molecular weight excluding hydrogens is 326 g/mol. The Kier molecular flexibility index (Phi) is 5.06. The number of hydrogen-bond donors (Lipinski definition) is 0. The second kappa shape index (κ2) is 7.41. The van der Waals surface area contributed by atoms with E-state index in [-0.39, 0.29) is 0 Å². The maximum atomic E-state index is 5.93. The summed E-state index contributed by atoms with van der Waals surface area (Å²) in [6.45, 7) is 2.42. The van der Waals surface area contributed by atoms with Crippen LogP contribution in [0.2, 0.25) is 0 Å². The number of aryl methyl sites for hydroxylation is 1. The lowest BCUT2D eigenvalue weighted by molar-refractivity contribution is 0.284. The largest absolute Gasteiger partial charge is 0.493 e. The van der Waals surface area contributed by atoms with Crippen molar-refractivity contribution in [2.75, 3.05) is 7.11 Å². The minimum atomic E-state index is 0.408. The van der Waals surface area contributed by atoms with E-state index in [0.717, 1.165) is 22.3 Å². The van der Waals surface area contributed by atoms with Crippen LogP contribution in [-0.2, 0) is 12.5 Å². The molecule has 1 aromatic heterocycles. The molecule has 0 bridgehead atoms. The predicted molar refractivity (Wildman–Crippen MR) is 92.4 cm³/mol. The summed E-state index contributed by atoms with van der Waals surface area (Å²) in [5.41, 5.74) is 3.90. The molecule has 0 N–H and O–H groups in total. The molecule has 3 rings (SSSR count). The Hall–Kier alpha value is -2.46. The molecule has 0 spiro atoms. The second-order valence-corrected chi connectivity index (χ2v) is 5.57. The maximum Gasteiger partial charge on any atom is 0.226 e. The van der Waals surface area contributed by atoms with Crippen molar-refractivity contribution in [2.45, 2.75) is 19.4 Å². The van der Waals surface area contributed by atoms with Crippen LogP contribution in [0.4, 0.5) is 0 Å². The van der Waals surface area contributed by atoms with Crippen LogP contribution in [0.5, 0.6) is 11.5 Å². The lowest BCUT2D eigenvalue weighted by Gasteiger charge is -2.13. The highest BCUT2D eigenvalue weighted by molar-refractivity contribution is 6.17. The third kappa shape index (κ3) is 3.54. The van der Waals surface area contributed by atoms with Crippen molar-refractivity contribution in [1.82, 2.24) is 4.98 Å². The van der Waals surface area contributed by atoms with E-state index >= 15 is 0 Å². The van der Waals surface area contributed by atoms with Crippen molar-refractivity contribution in [2.24, 2.45) is 0 Å². The molecule has 0 saturated carbocycles. The highest BCUT2D eigenvalue weighted by atomic mass is 35.5. The fraction of sp³-hybridized carbons (Fsp3) is 0.211. The lowest BCUT2D eigenvalue weighted by Crippen LogP contribution is -2.00. The number of aromatic nitrogens is 1. The van der Waals surface area contributed by atoms with Crippen LogP contribution in [0.3, 0.4) is 0 Å². The van der Waals surface area contributed by atoms with Crippen molar-refractivity contribution in [3.05, 3.63) is 65.5 Å². The first-order chi connectivity index (χ1) is 11.7. The first-order valence-corrected chi connectivity index (χ1v) is 8.01. The molecule has 0 aliphatic rings. The molecule has 3 aromatic rings. The molecule has 0 aliphatic carbocycles. The molecule has 1 heterocycles. The smallest absolute Gasteiger partial charge is 0.226 e. The number of rotatable bonds is 6. The van der Waals surface area contributed by atoms with Gasteiger partial charge in [-0.05, 0) is 47.9 Å². The molecule has 0 atom stereocenters. The van der Waals surface area contributed by atoms with E-state index in [0.29, 0.717) is 29.9 Å². The Labute approximate surface area is 146 Å². The van der Waals surface area contributed by atoms with Crippen LogP contribution in [0.25, 0.3) is 11.5 Å². The van der Waals surface area contributed by atoms with Crippen molar-refractivity contribution >= 4 is 11.6 Å². The monoisotopic (exact) mass is 342 g/mol. The Bertz CT molecular complexity index is 815. The number of alkyl halides is 1. The molecule has 1 radical (unpaired) electrons. The molecule has 5 heteroatoms. The van der Waals surface area contributed by atoms with E-state index in [4.69, 9.17) is 25.5 Å². The SMILES string of the molecule is COc1cc(CCl)ccc1OCc1cc(-c2ncco2)[c]cc1C. The zero-order chi connectivity index (χ0) is 16.9. The van der Waals surface area contributed by atoms with Crippen LogP contribution in [0.1, 0.15) is 16.7 Å². The van der Waals surface area contributed by atoms with Crippen molar-refractivity contribution in [3.63, 3.8) is 0 Å². The summed E-state index contributed by atoms with van der Waals surface area (Å²) in [6, 6.07) is 12.7. The van der Waals surface area contributed by atoms with E-state index in [1.165, 1.54) is 0 Å². The van der Waals surface area contributed by atoms with Gasteiger partial charge in [0.15, 0.2) is 11.5 Å². The van der Waals surface area contributed by atoms with Gasteiger partial charge < -0.3 is 13.9 Å². The van der Waals surface area contributed by atoms with Crippen LogP contribution < -0.4 is 9.47 Å². The predicted octanol–water partition coefficient (Wildman–Crippen LogP) is 4.78. The number of methoxy groups -OCH3 is 1. The zero-order valence-corrected chi connectivity index (χ0v) is 14.3. The molecule has 123 valence electrons. The molecule has 0 fully saturated rings. The van der Waals surface area contributed by atoms with Crippen molar-refractivity contribution < 1.29 is 13.9 Å². The summed E-state index contributed by atoms with van der Waals surface area (Å²) in [4.78, 5) is 4.15. The third-order valence-corrected chi connectivity index (χ3v) is 4.01. The Balaban J connectivity index is 1.81. The van der Waals surface area contributed by atoms with E-state index in [1.54, 1.807) is 19.6 Å². The topological polar surface area (TPSA) is 44.5 Å². The van der Waals surface area contributed by atoms with Crippen LogP contribution in [0, 0.1) is 13.0 Å². The van der Waals surface area contributed by atoms with E-state index in [1.807, 2.05) is 37.3 Å². The quantitative estimate of drug-likeness (QED) is 0.605.